The highest BCUT2D eigenvalue weighted by Gasteiger charge is 2.01. The number of methoxy groups -OCH3 is 1. The van der Waals surface area contributed by atoms with Gasteiger partial charge in [-0.2, -0.15) is 0 Å². The number of hydrogen-bond acceptors (Lipinski definition) is 5. The van der Waals surface area contributed by atoms with Crippen LogP contribution >= 0.6 is 24.8 Å². The summed E-state index contributed by atoms with van der Waals surface area (Å²) in [5, 5.41) is 9.48. The van der Waals surface area contributed by atoms with Crippen LogP contribution in [-0.4, -0.2) is 28.7 Å². The number of nitrogens with zero attached hydrogens (tertiary/aromatic N) is 1. The zero-order valence-electron chi connectivity index (χ0n) is 6.64. The fourth-order valence-corrected chi connectivity index (χ4v) is 0.275. The fourth-order valence-electron chi connectivity index (χ4n) is 0.170. The standard InChI is InChI=1S/C3H5NO3S.C2H4OS/c1-7-3(8)2-4(5)6;1-2(3)4/h2H2,1H3;1H3,(H,3,4). The van der Waals surface area contributed by atoms with Gasteiger partial charge in [0.05, 0.1) is 7.11 Å². The Balaban J connectivity index is 0. The van der Waals surface area contributed by atoms with E-state index in [1.165, 1.54) is 14.0 Å². The van der Waals surface area contributed by atoms with Crippen molar-refractivity contribution in [1.29, 1.82) is 0 Å². The predicted octanol–water partition coefficient (Wildman–Crippen LogP) is 0.700. The average Bonchev–Trinajstić information content (AvgIpc) is 1.84. The Labute approximate surface area is 80.6 Å². The number of carbonyl (C=O) groups excluding carboxylic acids is 1. The van der Waals surface area contributed by atoms with Gasteiger partial charge < -0.3 is 4.74 Å². The highest BCUT2D eigenvalue weighted by molar-refractivity contribution is 7.96. The van der Waals surface area contributed by atoms with Crippen LogP contribution in [0, 0.1) is 10.1 Å². The number of ether oxygens (including phenoxy) is 1. The van der Waals surface area contributed by atoms with Gasteiger partial charge in [-0.05, 0) is 12.2 Å². The largest absolute Gasteiger partial charge is 0.485 e. The van der Waals surface area contributed by atoms with E-state index >= 15 is 0 Å². The molecule has 0 aromatic heterocycles. The summed E-state index contributed by atoms with van der Waals surface area (Å²) in [4.78, 5) is 18.4. The van der Waals surface area contributed by atoms with Crippen molar-refractivity contribution in [2.24, 2.45) is 0 Å². The van der Waals surface area contributed by atoms with Gasteiger partial charge in [-0.25, -0.2) is 0 Å². The molecule has 70 valence electrons. The van der Waals surface area contributed by atoms with Crippen molar-refractivity contribution >= 4 is 35.0 Å². The van der Waals surface area contributed by atoms with Crippen molar-refractivity contribution in [2.45, 2.75) is 6.92 Å². The molecule has 0 rings (SSSR count). The molecule has 0 aromatic rings. The molecule has 7 heteroatoms. The summed E-state index contributed by atoms with van der Waals surface area (Å²) >= 11 is 7.69. The van der Waals surface area contributed by atoms with Gasteiger partial charge in [0.25, 0.3) is 6.54 Å². The van der Waals surface area contributed by atoms with Crippen LogP contribution in [0.5, 0.6) is 0 Å². The lowest BCUT2D eigenvalue weighted by molar-refractivity contribution is -0.464. The SMILES string of the molecule is CC(=O)S.COC(=S)C[N+](=O)[O-]. The van der Waals surface area contributed by atoms with Gasteiger partial charge in [0.1, 0.15) is 0 Å². The summed E-state index contributed by atoms with van der Waals surface area (Å²) in [6.45, 7) is 1.01. The second-order valence-electron chi connectivity index (χ2n) is 1.59. The summed E-state index contributed by atoms with van der Waals surface area (Å²) in [5.74, 6) is 0. The molecule has 0 N–H and O–H groups in total. The predicted molar refractivity (Wildman–Crippen MR) is 51.1 cm³/mol. The van der Waals surface area contributed by atoms with E-state index in [1.807, 2.05) is 0 Å². The van der Waals surface area contributed by atoms with Crippen LogP contribution in [0.1, 0.15) is 6.92 Å². The highest BCUT2D eigenvalue weighted by Crippen LogP contribution is 1.77. The number of thiocarbonyl (C=S) groups is 1. The van der Waals surface area contributed by atoms with E-state index in [1.54, 1.807) is 0 Å². The van der Waals surface area contributed by atoms with Crippen LogP contribution in [-0.2, 0) is 9.53 Å². The quantitative estimate of drug-likeness (QED) is 0.315. The molecule has 0 atom stereocenters. The first-order chi connectivity index (χ1) is 5.40. The Morgan fingerprint density at radius 3 is 2.17 bits per heavy atom. The smallest absolute Gasteiger partial charge is 0.270 e. The Morgan fingerprint density at radius 2 is 2.08 bits per heavy atom. The van der Waals surface area contributed by atoms with Crippen LogP contribution in [0.15, 0.2) is 0 Å². The molecule has 0 radical (unpaired) electrons. The third-order valence-electron chi connectivity index (χ3n) is 0.486. The molecule has 0 aliphatic carbocycles. The monoisotopic (exact) mass is 211 g/mol. The maximum Gasteiger partial charge on any atom is 0.270 e. The molecule has 0 saturated carbocycles. The molecule has 0 bridgehead atoms. The fraction of sp³-hybridized carbons (Fsp3) is 0.600. The third-order valence-corrected chi connectivity index (χ3v) is 0.782. The normalized spacial score (nSPS) is 7.58. The molecule has 0 aromatic carbocycles. The summed E-state index contributed by atoms with van der Waals surface area (Å²) < 4.78 is 4.35. The first-order valence-electron chi connectivity index (χ1n) is 2.78. The Hall–Kier alpha value is -0.690. The van der Waals surface area contributed by atoms with Gasteiger partial charge in [0.2, 0.25) is 5.05 Å². The van der Waals surface area contributed by atoms with Crippen molar-refractivity contribution in [3.8, 4) is 0 Å². The zero-order chi connectivity index (χ0) is 10.1. The molecule has 0 saturated heterocycles. The Kier molecular flexibility index (Phi) is 9.72. The van der Waals surface area contributed by atoms with Gasteiger partial charge in [0, 0.05) is 11.8 Å². The molecular weight excluding hydrogens is 202 g/mol. The van der Waals surface area contributed by atoms with Gasteiger partial charge in [-0.15, -0.1) is 12.6 Å². The minimum Gasteiger partial charge on any atom is -0.485 e. The maximum absolute atomic E-state index is 9.61. The average molecular weight is 211 g/mol. The summed E-state index contributed by atoms with van der Waals surface area (Å²) in [6.07, 6.45) is 0. The molecular formula is C5H9NO4S2. The number of rotatable bonds is 2. The highest BCUT2D eigenvalue weighted by atomic mass is 32.1. The van der Waals surface area contributed by atoms with Crippen LogP contribution in [0.3, 0.4) is 0 Å². The van der Waals surface area contributed by atoms with Gasteiger partial charge in [0.15, 0.2) is 5.12 Å². The van der Waals surface area contributed by atoms with Crippen molar-refractivity contribution in [2.75, 3.05) is 13.7 Å². The lowest BCUT2D eigenvalue weighted by Gasteiger charge is -1.92. The van der Waals surface area contributed by atoms with Crippen LogP contribution in [0.2, 0.25) is 0 Å². The van der Waals surface area contributed by atoms with E-state index in [-0.39, 0.29) is 16.7 Å². The van der Waals surface area contributed by atoms with E-state index in [4.69, 9.17) is 0 Å². The third kappa shape index (κ3) is 22.8. The zero-order valence-corrected chi connectivity index (χ0v) is 8.35. The number of hydrogen-bond donors (Lipinski definition) is 1. The van der Waals surface area contributed by atoms with E-state index in [0.717, 1.165) is 0 Å². The Bertz CT molecular complexity index is 178. The van der Waals surface area contributed by atoms with Gasteiger partial charge in [-0.3, -0.25) is 14.9 Å². The van der Waals surface area contributed by atoms with E-state index in [9.17, 15) is 14.9 Å². The molecule has 0 amide bonds. The van der Waals surface area contributed by atoms with Crippen LogP contribution in [0.4, 0.5) is 0 Å². The topological polar surface area (TPSA) is 69.4 Å². The molecule has 5 nitrogen and oxygen atoms in total. The maximum atomic E-state index is 9.61. The van der Waals surface area contributed by atoms with E-state index < -0.39 is 4.92 Å². The van der Waals surface area contributed by atoms with Gasteiger partial charge in [-0.1, -0.05) is 0 Å². The van der Waals surface area contributed by atoms with E-state index in [0.29, 0.717) is 0 Å². The lowest BCUT2D eigenvalue weighted by atomic mass is 10.7. The van der Waals surface area contributed by atoms with Crippen molar-refractivity contribution in [1.82, 2.24) is 0 Å². The molecule has 0 unspecified atom stereocenters. The summed E-state index contributed by atoms with van der Waals surface area (Å²) in [5.41, 5.74) is 0. The number of nitro groups is 1. The van der Waals surface area contributed by atoms with Crippen LogP contribution in [0.25, 0.3) is 0 Å². The van der Waals surface area contributed by atoms with Gasteiger partial charge >= 0.3 is 0 Å². The first-order valence-corrected chi connectivity index (χ1v) is 3.63. The summed E-state index contributed by atoms with van der Waals surface area (Å²) in [6, 6.07) is 0. The molecule has 0 aliphatic heterocycles. The number of carbonyl (C=O) groups is 1. The number of thiol groups is 1. The second-order valence-corrected chi connectivity index (χ2v) is 2.67. The van der Waals surface area contributed by atoms with Crippen LogP contribution < -0.4 is 0 Å². The molecule has 0 spiro atoms. The minimum absolute atomic E-state index is 0.00926. The van der Waals surface area contributed by atoms with Crippen molar-refractivity contribution in [3.05, 3.63) is 10.1 Å². The molecule has 0 fully saturated rings. The Morgan fingerprint density at radius 1 is 1.75 bits per heavy atom. The van der Waals surface area contributed by atoms with Crippen molar-refractivity contribution in [3.63, 3.8) is 0 Å². The van der Waals surface area contributed by atoms with Crippen molar-refractivity contribution < 1.29 is 14.5 Å². The lowest BCUT2D eigenvalue weighted by Crippen LogP contribution is -2.12. The minimum atomic E-state index is -0.536. The molecule has 0 aliphatic rings. The van der Waals surface area contributed by atoms with E-state index in [2.05, 4.69) is 29.6 Å². The summed E-state index contributed by atoms with van der Waals surface area (Å²) in [7, 11) is 1.31. The molecule has 12 heavy (non-hydrogen) atoms. The molecule has 0 heterocycles. The second kappa shape index (κ2) is 8.41. The first kappa shape index (κ1) is 13.9.